The van der Waals surface area contributed by atoms with Gasteiger partial charge >= 0.3 is 5.97 Å². The van der Waals surface area contributed by atoms with Crippen LogP contribution in [0.25, 0.3) is 0 Å². The van der Waals surface area contributed by atoms with Crippen molar-refractivity contribution in [1.29, 1.82) is 0 Å². The molecule has 0 heterocycles. The molecule has 0 saturated carbocycles. The van der Waals surface area contributed by atoms with Gasteiger partial charge in [-0.3, -0.25) is 0 Å². The van der Waals surface area contributed by atoms with Crippen molar-refractivity contribution >= 4 is 29.2 Å². The average molecular weight is 277 g/mol. The number of carbonyl (C=O) groups is 1. The van der Waals surface area contributed by atoms with Gasteiger partial charge in [-0.1, -0.05) is 30.1 Å². The first-order valence-electron chi connectivity index (χ1n) is 5.30. The monoisotopic (exact) mass is 276 g/mol. The predicted molar refractivity (Wildman–Crippen MR) is 67.8 cm³/mol. The fourth-order valence-corrected chi connectivity index (χ4v) is 1.53. The molecule has 0 aromatic heterocycles. The number of benzene rings is 1. The van der Waals surface area contributed by atoms with Gasteiger partial charge in [0.15, 0.2) is 6.61 Å². The molecular formula is C12H14Cl2O3. The summed E-state index contributed by atoms with van der Waals surface area (Å²) in [4.78, 5) is 11.3. The summed E-state index contributed by atoms with van der Waals surface area (Å²) >= 11 is 11.6. The van der Waals surface area contributed by atoms with Crippen LogP contribution in [0.5, 0.6) is 5.75 Å². The standard InChI is InChI=1S/C12H14Cl2O3/c1-3-8(2)17-12(15)7-16-11-5-4-9(13)6-10(11)14/h4-6,8H,3,7H2,1-2H3/t8-/m1/s1. The molecule has 17 heavy (non-hydrogen) atoms. The lowest BCUT2D eigenvalue weighted by Gasteiger charge is -2.12. The summed E-state index contributed by atoms with van der Waals surface area (Å²) in [5.74, 6) is 0.00235. The molecule has 1 rings (SSSR count). The minimum absolute atomic E-state index is 0.105. The van der Waals surface area contributed by atoms with Gasteiger partial charge in [0, 0.05) is 5.02 Å². The maximum atomic E-state index is 11.3. The van der Waals surface area contributed by atoms with E-state index in [1.807, 2.05) is 13.8 Å². The quantitative estimate of drug-likeness (QED) is 0.769. The minimum Gasteiger partial charge on any atom is -0.480 e. The van der Waals surface area contributed by atoms with Gasteiger partial charge in [-0.2, -0.15) is 0 Å². The summed E-state index contributed by atoms with van der Waals surface area (Å²) in [6.45, 7) is 3.60. The number of halogens is 2. The van der Waals surface area contributed by atoms with Gasteiger partial charge in [0.1, 0.15) is 5.75 Å². The summed E-state index contributed by atoms with van der Waals surface area (Å²) in [5, 5.41) is 0.887. The molecule has 0 radical (unpaired) electrons. The Morgan fingerprint density at radius 3 is 2.71 bits per heavy atom. The largest absolute Gasteiger partial charge is 0.480 e. The second-order valence-corrected chi connectivity index (χ2v) is 4.42. The van der Waals surface area contributed by atoms with E-state index >= 15 is 0 Å². The van der Waals surface area contributed by atoms with Crippen LogP contribution in [0, 0.1) is 0 Å². The fraction of sp³-hybridized carbons (Fsp3) is 0.417. The Balaban J connectivity index is 2.47. The molecule has 3 nitrogen and oxygen atoms in total. The van der Waals surface area contributed by atoms with Crippen molar-refractivity contribution in [3.63, 3.8) is 0 Å². The van der Waals surface area contributed by atoms with Crippen molar-refractivity contribution < 1.29 is 14.3 Å². The zero-order valence-electron chi connectivity index (χ0n) is 9.70. The molecule has 0 unspecified atom stereocenters. The van der Waals surface area contributed by atoms with Crippen LogP contribution in [0.15, 0.2) is 18.2 Å². The van der Waals surface area contributed by atoms with E-state index in [1.54, 1.807) is 18.2 Å². The first-order chi connectivity index (χ1) is 8.02. The third kappa shape index (κ3) is 4.84. The topological polar surface area (TPSA) is 35.5 Å². The van der Waals surface area contributed by atoms with Crippen molar-refractivity contribution in [3.8, 4) is 5.75 Å². The molecule has 1 aromatic rings. The van der Waals surface area contributed by atoms with Crippen molar-refractivity contribution in [2.24, 2.45) is 0 Å². The molecule has 0 bridgehead atoms. The summed E-state index contributed by atoms with van der Waals surface area (Å²) in [7, 11) is 0. The second kappa shape index (κ2) is 6.72. The Bertz CT molecular complexity index is 393. The zero-order chi connectivity index (χ0) is 12.8. The second-order valence-electron chi connectivity index (χ2n) is 3.57. The van der Waals surface area contributed by atoms with Crippen molar-refractivity contribution in [1.82, 2.24) is 0 Å². The van der Waals surface area contributed by atoms with Crippen LogP contribution in [0.1, 0.15) is 20.3 Å². The first kappa shape index (κ1) is 14.1. The maximum absolute atomic E-state index is 11.3. The fourth-order valence-electron chi connectivity index (χ4n) is 1.07. The molecule has 0 N–H and O–H groups in total. The van der Waals surface area contributed by atoms with Crippen LogP contribution in [-0.4, -0.2) is 18.7 Å². The van der Waals surface area contributed by atoms with E-state index in [-0.39, 0.29) is 12.7 Å². The summed E-state index contributed by atoms with van der Waals surface area (Å²) in [6.07, 6.45) is 0.666. The van der Waals surface area contributed by atoms with E-state index in [9.17, 15) is 4.79 Å². The third-order valence-electron chi connectivity index (χ3n) is 2.15. The highest BCUT2D eigenvalue weighted by atomic mass is 35.5. The van der Waals surface area contributed by atoms with E-state index in [4.69, 9.17) is 32.7 Å². The van der Waals surface area contributed by atoms with Crippen LogP contribution in [0.4, 0.5) is 0 Å². The van der Waals surface area contributed by atoms with E-state index in [1.165, 1.54) is 0 Å². The molecule has 94 valence electrons. The third-order valence-corrected chi connectivity index (χ3v) is 2.68. The lowest BCUT2D eigenvalue weighted by molar-refractivity contribution is -0.150. The average Bonchev–Trinajstić information content (AvgIpc) is 2.27. The Kier molecular flexibility index (Phi) is 5.59. The molecular weight excluding hydrogens is 263 g/mol. The SMILES string of the molecule is CC[C@@H](C)OC(=O)COc1ccc(Cl)cc1Cl. The lowest BCUT2D eigenvalue weighted by atomic mass is 10.3. The number of rotatable bonds is 5. The van der Waals surface area contributed by atoms with Crippen LogP contribution in [0.2, 0.25) is 10.0 Å². The zero-order valence-corrected chi connectivity index (χ0v) is 11.2. The van der Waals surface area contributed by atoms with Crippen LogP contribution >= 0.6 is 23.2 Å². The Morgan fingerprint density at radius 1 is 1.41 bits per heavy atom. The van der Waals surface area contributed by atoms with Crippen LogP contribution in [-0.2, 0) is 9.53 Å². The number of hydrogen-bond donors (Lipinski definition) is 0. The van der Waals surface area contributed by atoms with Gasteiger partial charge in [0.05, 0.1) is 11.1 Å². The van der Waals surface area contributed by atoms with Crippen molar-refractivity contribution in [3.05, 3.63) is 28.2 Å². The summed E-state index contributed by atoms with van der Waals surface area (Å²) in [6, 6.07) is 4.81. The Labute approximate surface area is 111 Å². The van der Waals surface area contributed by atoms with Gasteiger partial charge in [0.2, 0.25) is 0 Å². The molecule has 1 atom stereocenters. The number of hydrogen-bond acceptors (Lipinski definition) is 3. The highest BCUT2D eigenvalue weighted by molar-refractivity contribution is 6.35. The van der Waals surface area contributed by atoms with Gasteiger partial charge in [-0.05, 0) is 31.5 Å². The number of carbonyl (C=O) groups excluding carboxylic acids is 1. The van der Waals surface area contributed by atoms with E-state index in [0.29, 0.717) is 15.8 Å². The first-order valence-corrected chi connectivity index (χ1v) is 6.05. The van der Waals surface area contributed by atoms with Gasteiger partial charge in [-0.15, -0.1) is 0 Å². The number of esters is 1. The van der Waals surface area contributed by atoms with Crippen LogP contribution < -0.4 is 4.74 Å². The smallest absolute Gasteiger partial charge is 0.344 e. The lowest BCUT2D eigenvalue weighted by Crippen LogP contribution is -2.20. The van der Waals surface area contributed by atoms with E-state index < -0.39 is 5.97 Å². The van der Waals surface area contributed by atoms with E-state index in [2.05, 4.69) is 0 Å². The molecule has 0 spiro atoms. The summed E-state index contributed by atoms with van der Waals surface area (Å²) < 4.78 is 10.3. The summed E-state index contributed by atoms with van der Waals surface area (Å²) in [5.41, 5.74) is 0. The molecule has 0 aliphatic rings. The molecule has 5 heteroatoms. The number of ether oxygens (including phenoxy) is 2. The van der Waals surface area contributed by atoms with Gasteiger partial charge < -0.3 is 9.47 Å². The normalized spacial score (nSPS) is 12.0. The predicted octanol–water partition coefficient (Wildman–Crippen LogP) is 3.71. The Morgan fingerprint density at radius 2 is 2.12 bits per heavy atom. The minimum atomic E-state index is -0.412. The molecule has 1 aromatic carbocycles. The van der Waals surface area contributed by atoms with E-state index in [0.717, 1.165) is 6.42 Å². The highest BCUT2D eigenvalue weighted by Gasteiger charge is 2.10. The highest BCUT2D eigenvalue weighted by Crippen LogP contribution is 2.27. The van der Waals surface area contributed by atoms with Gasteiger partial charge in [0.25, 0.3) is 0 Å². The molecule has 0 aliphatic heterocycles. The van der Waals surface area contributed by atoms with Crippen molar-refractivity contribution in [2.75, 3.05) is 6.61 Å². The maximum Gasteiger partial charge on any atom is 0.344 e. The molecule has 0 saturated heterocycles. The van der Waals surface area contributed by atoms with Crippen molar-refractivity contribution in [2.45, 2.75) is 26.4 Å². The van der Waals surface area contributed by atoms with Crippen LogP contribution in [0.3, 0.4) is 0 Å². The molecule has 0 aliphatic carbocycles. The molecule has 0 amide bonds. The Hall–Kier alpha value is -0.930. The molecule has 0 fully saturated rings. The van der Waals surface area contributed by atoms with Gasteiger partial charge in [-0.25, -0.2) is 4.79 Å².